The largest absolute Gasteiger partial charge is 0.456 e. The lowest BCUT2D eigenvalue weighted by molar-refractivity contribution is 0.669. The molecule has 0 aliphatic heterocycles. The van der Waals surface area contributed by atoms with Crippen molar-refractivity contribution in [1.29, 1.82) is 0 Å². The van der Waals surface area contributed by atoms with Gasteiger partial charge in [0.1, 0.15) is 11.2 Å². The number of para-hydroxylation sites is 1. The van der Waals surface area contributed by atoms with Gasteiger partial charge in [0.05, 0.1) is 11.4 Å². The van der Waals surface area contributed by atoms with Crippen LogP contribution in [-0.4, -0.2) is 9.97 Å². The molecule has 0 aliphatic rings. The molecular formula is C46H28N2O. The summed E-state index contributed by atoms with van der Waals surface area (Å²) < 4.78 is 6.27. The van der Waals surface area contributed by atoms with Crippen LogP contribution < -0.4 is 0 Å². The molecule has 0 fully saturated rings. The molecule has 0 N–H and O–H groups in total. The fraction of sp³-hybridized carbons (Fsp3) is 0. The highest BCUT2D eigenvalue weighted by atomic mass is 16.3. The molecule has 8 aromatic carbocycles. The van der Waals surface area contributed by atoms with Gasteiger partial charge in [-0.05, 0) is 73.8 Å². The molecule has 2 aromatic heterocycles. The Balaban J connectivity index is 1.23. The number of benzene rings is 8. The summed E-state index contributed by atoms with van der Waals surface area (Å²) in [6, 6.07) is 59.7. The van der Waals surface area contributed by atoms with Gasteiger partial charge in [0.15, 0.2) is 5.82 Å². The highest BCUT2D eigenvalue weighted by Gasteiger charge is 2.17. The Kier molecular flexibility index (Phi) is 6.18. The summed E-state index contributed by atoms with van der Waals surface area (Å²) in [4.78, 5) is 10.3. The summed E-state index contributed by atoms with van der Waals surface area (Å²) in [5.41, 5.74) is 9.02. The monoisotopic (exact) mass is 624 g/mol. The third kappa shape index (κ3) is 4.51. The first kappa shape index (κ1) is 27.5. The molecule has 0 spiro atoms. The topological polar surface area (TPSA) is 38.9 Å². The summed E-state index contributed by atoms with van der Waals surface area (Å²) in [6.07, 6.45) is 0. The van der Waals surface area contributed by atoms with Gasteiger partial charge in [0.2, 0.25) is 0 Å². The zero-order valence-corrected chi connectivity index (χ0v) is 26.5. The molecule has 3 nitrogen and oxygen atoms in total. The predicted molar refractivity (Wildman–Crippen MR) is 204 cm³/mol. The third-order valence-corrected chi connectivity index (χ3v) is 9.68. The zero-order chi connectivity index (χ0) is 32.3. The van der Waals surface area contributed by atoms with Gasteiger partial charge in [-0.1, -0.05) is 140 Å². The Hall–Kier alpha value is -6.58. The van der Waals surface area contributed by atoms with Crippen LogP contribution in [0.5, 0.6) is 0 Å². The first-order valence-electron chi connectivity index (χ1n) is 16.6. The molecule has 0 amide bonds. The van der Waals surface area contributed by atoms with E-state index in [1.807, 2.05) is 36.4 Å². The second-order valence-electron chi connectivity index (χ2n) is 12.5. The average Bonchev–Trinajstić information content (AvgIpc) is 3.56. The maximum Gasteiger partial charge on any atom is 0.160 e. The molecule has 0 aliphatic carbocycles. The first-order chi connectivity index (χ1) is 24.3. The van der Waals surface area contributed by atoms with Gasteiger partial charge in [-0.3, -0.25) is 0 Å². The maximum absolute atomic E-state index is 6.27. The smallest absolute Gasteiger partial charge is 0.160 e. The maximum atomic E-state index is 6.27. The minimum Gasteiger partial charge on any atom is -0.456 e. The van der Waals surface area contributed by atoms with Crippen molar-refractivity contribution in [2.75, 3.05) is 0 Å². The molecule has 2 heterocycles. The fourth-order valence-electron chi connectivity index (χ4n) is 7.36. The number of fused-ring (bicyclic) bond motifs is 9. The van der Waals surface area contributed by atoms with Crippen LogP contribution in [-0.2, 0) is 0 Å². The van der Waals surface area contributed by atoms with E-state index in [1.54, 1.807) is 0 Å². The predicted octanol–water partition coefficient (Wildman–Crippen LogP) is 12.5. The van der Waals surface area contributed by atoms with E-state index in [-0.39, 0.29) is 0 Å². The second kappa shape index (κ2) is 11.0. The average molecular weight is 625 g/mol. The second-order valence-corrected chi connectivity index (χ2v) is 12.5. The van der Waals surface area contributed by atoms with Crippen molar-refractivity contribution in [2.45, 2.75) is 0 Å². The van der Waals surface area contributed by atoms with Crippen LogP contribution >= 0.6 is 0 Å². The number of aromatic nitrogens is 2. The minimum atomic E-state index is 0.710. The van der Waals surface area contributed by atoms with E-state index in [1.165, 1.54) is 32.3 Å². The molecule has 0 saturated heterocycles. The number of hydrogen-bond acceptors (Lipinski definition) is 3. The van der Waals surface area contributed by atoms with Crippen molar-refractivity contribution in [3.63, 3.8) is 0 Å². The standard InChI is InChI=1S/C46H28N2O/c1-3-12-29(13-4-1)41-28-42(48-46(47-41)30-14-5-2-6-15-30)39-20-11-19-37-33-16-7-8-17-34(33)40-26-31(23-25-38(40)45(37)39)32-22-24-36-35-18-9-10-21-43(35)49-44(36)27-32/h1-28H. The molecule has 49 heavy (non-hydrogen) atoms. The molecule has 0 bridgehead atoms. The summed E-state index contributed by atoms with van der Waals surface area (Å²) in [5, 5.41) is 9.52. The van der Waals surface area contributed by atoms with Gasteiger partial charge in [-0.25, -0.2) is 9.97 Å². The van der Waals surface area contributed by atoms with Crippen molar-refractivity contribution in [3.05, 3.63) is 170 Å². The van der Waals surface area contributed by atoms with Gasteiger partial charge in [-0.2, -0.15) is 0 Å². The lowest BCUT2D eigenvalue weighted by Gasteiger charge is -2.16. The van der Waals surface area contributed by atoms with Gasteiger partial charge in [0, 0.05) is 27.5 Å². The number of hydrogen-bond donors (Lipinski definition) is 0. The van der Waals surface area contributed by atoms with E-state index in [0.717, 1.165) is 61.1 Å². The van der Waals surface area contributed by atoms with E-state index >= 15 is 0 Å². The molecule has 0 saturated carbocycles. The van der Waals surface area contributed by atoms with Crippen molar-refractivity contribution in [2.24, 2.45) is 0 Å². The molecule has 0 radical (unpaired) electrons. The van der Waals surface area contributed by atoms with Crippen LogP contribution in [0.15, 0.2) is 174 Å². The van der Waals surface area contributed by atoms with E-state index in [4.69, 9.17) is 14.4 Å². The van der Waals surface area contributed by atoms with Gasteiger partial charge in [-0.15, -0.1) is 0 Å². The van der Waals surface area contributed by atoms with Crippen LogP contribution in [0.2, 0.25) is 0 Å². The van der Waals surface area contributed by atoms with Gasteiger partial charge in [0.25, 0.3) is 0 Å². The Morgan fingerprint density at radius 3 is 1.69 bits per heavy atom. The molecule has 0 atom stereocenters. The van der Waals surface area contributed by atoms with Crippen molar-refractivity contribution in [1.82, 2.24) is 9.97 Å². The number of rotatable bonds is 4. The van der Waals surface area contributed by atoms with Crippen LogP contribution in [0.4, 0.5) is 0 Å². The van der Waals surface area contributed by atoms with E-state index in [2.05, 4.69) is 133 Å². The minimum absolute atomic E-state index is 0.710. The lowest BCUT2D eigenvalue weighted by atomic mass is 9.89. The van der Waals surface area contributed by atoms with Crippen molar-refractivity contribution >= 4 is 54.3 Å². The van der Waals surface area contributed by atoms with E-state index in [0.29, 0.717) is 5.82 Å². The molecule has 228 valence electrons. The summed E-state index contributed by atoms with van der Waals surface area (Å²) >= 11 is 0. The molecule has 3 heteroatoms. The van der Waals surface area contributed by atoms with Crippen LogP contribution in [0.25, 0.3) is 99.3 Å². The number of nitrogens with zero attached hydrogens (tertiary/aromatic N) is 2. The highest BCUT2D eigenvalue weighted by molar-refractivity contribution is 6.28. The lowest BCUT2D eigenvalue weighted by Crippen LogP contribution is -1.96. The van der Waals surface area contributed by atoms with Crippen molar-refractivity contribution < 1.29 is 4.42 Å². The zero-order valence-electron chi connectivity index (χ0n) is 26.5. The van der Waals surface area contributed by atoms with Gasteiger partial charge >= 0.3 is 0 Å². The van der Waals surface area contributed by atoms with Crippen LogP contribution in [0.1, 0.15) is 0 Å². The third-order valence-electron chi connectivity index (χ3n) is 9.68. The fourth-order valence-corrected chi connectivity index (χ4v) is 7.36. The highest BCUT2D eigenvalue weighted by Crippen LogP contribution is 2.42. The first-order valence-corrected chi connectivity index (χ1v) is 16.6. The van der Waals surface area contributed by atoms with Crippen molar-refractivity contribution in [3.8, 4) is 45.0 Å². The molecule has 10 rings (SSSR count). The van der Waals surface area contributed by atoms with E-state index in [9.17, 15) is 0 Å². The quantitative estimate of drug-likeness (QED) is 0.183. The normalized spacial score (nSPS) is 11.7. The molecule has 0 unspecified atom stereocenters. The Morgan fingerprint density at radius 1 is 0.327 bits per heavy atom. The summed E-state index contributed by atoms with van der Waals surface area (Å²) in [5.74, 6) is 0.710. The molecular weight excluding hydrogens is 597 g/mol. The Bertz CT molecular complexity index is 2810. The Labute approximate surface area is 282 Å². The SMILES string of the molecule is c1ccc(-c2cc(-c3cccc4c5ccccc5c5cc(-c6ccc7c(c6)oc6ccccc67)ccc5c34)nc(-c3ccccc3)n2)cc1. The number of furan rings is 1. The van der Waals surface area contributed by atoms with Crippen LogP contribution in [0, 0.1) is 0 Å². The van der Waals surface area contributed by atoms with Gasteiger partial charge < -0.3 is 4.42 Å². The summed E-state index contributed by atoms with van der Waals surface area (Å²) in [6.45, 7) is 0. The molecule has 10 aromatic rings. The summed E-state index contributed by atoms with van der Waals surface area (Å²) in [7, 11) is 0. The Morgan fingerprint density at radius 2 is 0.898 bits per heavy atom. The van der Waals surface area contributed by atoms with Crippen LogP contribution in [0.3, 0.4) is 0 Å². The van der Waals surface area contributed by atoms with E-state index < -0.39 is 0 Å².